The molecule has 3 rings (SSSR count). The lowest BCUT2D eigenvalue weighted by Gasteiger charge is -2.20. The Morgan fingerprint density at radius 3 is 2.59 bits per heavy atom. The number of aromatic nitrogens is 1. The van der Waals surface area contributed by atoms with Crippen molar-refractivity contribution in [2.24, 2.45) is 0 Å². The zero-order valence-corrected chi connectivity index (χ0v) is 17.7. The lowest BCUT2D eigenvalue weighted by molar-refractivity contribution is -0.134. The number of rotatable bonds is 6. The summed E-state index contributed by atoms with van der Waals surface area (Å²) in [5.41, 5.74) is 1.01. The van der Waals surface area contributed by atoms with E-state index in [9.17, 15) is 23.6 Å². The third kappa shape index (κ3) is 5.17. The fourth-order valence-corrected chi connectivity index (χ4v) is 2.99. The van der Waals surface area contributed by atoms with Crippen LogP contribution in [0.25, 0.3) is 11.1 Å². The number of ether oxygens (including phenoxy) is 1. The molecule has 0 unspecified atom stereocenters. The van der Waals surface area contributed by atoms with E-state index in [-0.39, 0.29) is 36.3 Å². The highest BCUT2D eigenvalue weighted by molar-refractivity contribution is 5.93. The Kier molecular flexibility index (Phi) is 6.67. The van der Waals surface area contributed by atoms with E-state index < -0.39 is 24.0 Å². The van der Waals surface area contributed by atoms with Gasteiger partial charge in [-0.2, -0.15) is 0 Å². The molecule has 0 radical (unpaired) electrons. The van der Waals surface area contributed by atoms with Crippen molar-refractivity contribution in [3.63, 3.8) is 0 Å². The summed E-state index contributed by atoms with van der Waals surface area (Å²) >= 11 is 0. The Bertz CT molecular complexity index is 1060. The molecule has 2 heterocycles. The molecule has 0 saturated carbocycles. The van der Waals surface area contributed by atoms with Crippen molar-refractivity contribution in [1.82, 2.24) is 15.2 Å². The van der Waals surface area contributed by atoms with Gasteiger partial charge in [-0.15, -0.1) is 0 Å². The summed E-state index contributed by atoms with van der Waals surface area (Å²) in [6.45, 7) is 2.56. The average molecular weight is 443 g/mol. The van der Waals surface area contributed by atoms with Crippen molar-refractivity contribution in [3.05, 3.63) is 42.3 Å². The smallest absolute Gasteiger partial charge is 0.416 e. The van der Waals surface area contributed by atoms with Crippen LogP contribution in [0.1, 0.15) is 13.8 Å². The van der Waals surface area contributed by atoms with Crippen LogP contribution < -0.4 is 15.5 Å². The van der Waals surface area contributed by atoms with Crippen LogP contribution in [0.3, 0.4) is 0 Å². The maximum Gasteiger partial charge on any atom is 0.416 e. The van der Waals surface area contributed by atoms with Gasteiger partial charge >= 0.3 is 6.09 Å². The van der Waals surface area contributed by atoms with E-state index in [4.69, 9.17) is 4.74 Å². The number of likely N-dealkylation sites (N-methyl/N-ethyl adjacent to an activating group) is 1. The molecule has 0 aliphatic carbocycles. The van der Waals surface area contributed by atoms with Gasteiger partial charge in [0.15, 0.2) is 6.23 Å². The predicted octanol–water partition coefficient (Wildman–Crippen LogP) is 1.72. The summed E-state index contributed by atoms with van der Waals surface area (Å²) in [4.78, 5) is 52.9. The van der Waals surface area contributed by atoms with Crippen molar-refractivity contribution in [3.8, 4) is 11.1 Å². The van der Waals surface area contributed by atoms with Crippen LogP contribution in [0.15, 0.2) is 36.5 Å². The van der Waals surface area contributed by atoms with E-state index in [0.717, 1.165) is 0 Å². The molecule has 0 bridgehead atoms. The summed E-state index contributed by atoms with van der Waals surface area (Å²) in [7, 11) is 1.52. The fourth-order valence-electron chi connectivity index (χ4n) is 2.99. The quantitative estimate of drug-likeness (QED) is 0.701. The van der Waals surface area contributed by atoms with E-state index in [2.05, 4.69) is 15.6 Å². The molecule has 1 aliphatic heterocycles. The molecule has 1 atom stereocenters. The standard InChI is InChI=1S/C21H22FN5O5/c1-12(28)23-10-19(30)25-18-7-4-14(9-24-18)16-6-5-15(8-17(16)22)27-11-20(32-21(27)31)26(3)13(2)29/h4-9,20H,10-11H2,1-3H3,(H,23,28)(H,24,25,30)/t20-/m0/s1. The van der Waals surface area contributed by atoms with E-state index in [1.807, 2.05) is 0 Å². The number of cyclic esters (lactones) is 1. The van der Waals surface area contributed by atoms with Crippen molar-refractivity contribution < 1.29 is 28.3 Å². The van der Waals surface area contributed by atoms with Crippen molar-refractivity contribution in [2.45, 2.75) is 20.1 Å². The van der Waals surface area contributed by atoms with Crippen LogP contribution in [0.4, 0.5) is 20.7 Å². The van der Waals surface area contributed by atoms with E-state index in [1.165, 1.54) is 55.1 Å². The minimum Gasteiger partial charge on any atom is -0.423 e. The molecular formula is C21H22FN5O5. The molecule has 168 valence electrons. The van der Waals surface area contributed by atoms with Gasteiger partial charge in [0, 0.05) is 38.2 Å². The van der Waals surface area contributed by atoms with Gasteiger partial charge in [0.25, 0.3) is 0 Å². The maximum absolute atomic E-state index is 14.8. The maximum atomic E-state index is 14.8. The van der Waals surface area contributed by atoms with E-state index >= 15 is 0 Å². The largest absolute Gasteiger partial charge is 0.423 e. The van der Waals surface area contributed by atoms with Gasteiger partial charge < -0.3 is 20.3 Å². The first-order valence-electron chi connectivity index (χ1n) is 9.67. The first-order chi connectivity index (χ1) is 15.2. The highest BCUT2D eigenvalue weighted by atomic mass is 19.1. The number of carbonyl (C=O) groups is 4. The number of nitrogens with zero attached hydrogens (tertiary/aromatic N) is 3. The highest BCUT2D eigenvalue weighted by Crippen LogP contribution is 2.29. The monoisotopic (exact) mass is 443 g/mol. The number of anilines is 2. The highest BCUT2D eigenvalue weighted by Gasteiger charge is 2.36. The topological polar surface area (TPSA) is 121 Å². The van der Waals surface area contributed by atoms with Crippen molar-refractivity contribution in [2.75, 3.05) is 30.4 Å². The SMILES string of the molecule is CC(=O)NCC(=O)Nc1ccc(-c2ccc(N3C[C@@H](N(C)C(C)=O)OC3=O)cc2F)cn1. The normalized spacial score (nSPS) is 15.2. The average Bonchev–Trinajstić information content (AvgIpc) is 3.13. The first kappa shape index (κ1) is 22.7. The Labute approximate surface area is 183 Å². The van der Waals surface area contributed by atoms with Crippen LogP contribution in [-0.2, 0) is 19.1 Å². The summed E-state index contributed by atoms with van der Waals surface area (Å²) in [5, 5.41) is 4.89. The Balaban J connectivity index is 1.70. The molecule has 32 heavy (non-hydrogen) atoms. The molecule has 2 aromatic rings. The molecule has 1 aromatic heterocycles. The minimum absolute atomic E-state index is 0.0855. The second-order valence-electron chi connectivity index (χ2n) is 7.13. The Morgan fingerprint density at radius 1 is 1.25 bits per heavy atom. The van der Waals surface area contributed by atoms with E-state index in [1.54, 1.807) is 12.1 Å². The van der Waals surface area contributed by atoms with Gasteiger partial charge in [-0.25, -0.2) is 14.2 Å². The third-order valence-electron chi connectivity index (χ3n) is 4.83. The molecule has 2 N–H and O–H groups in total. The predicted molar refractivity (Wildman–Crippen MR) is 113 cm³/mol. The van der Waals surface area contributed by atoms with Gasteiger partial charge in [0.05, 0.1) is 18.8 Å². The van der Waals surface area contributed by atoms with Gasteiger partial charge in [0.2, 0.25) is 17.7 Å². The molecule has 0 spiro atoms. The number of carbonyl (C=O) groups excluding carboxylic acids is 4. The lowest BCUT2D eigenvalue weighted by Crippen LogP contribution is -2.38. The van der Waals surface area contributed by atoms with Crippen LogP contribution >= 0.6 is 0 Å². The molecule has 1 fully saturated rings. The molecule has 1 aromatic carbocycles. The summed E-state index contributed by atoms with van der Waals surface area (Å²) in [5.74, 6) is -1.36. The molecule has 1 aliphatic rings. The molecule has 1 saturated heterocycles. The zero-order valence-electron chi connectivity index (χ0n) is 17.7. The van der Waals surface area contributed by atoms with Gasteiger partial charge in [0.1, 0.15) is 11.6 Å². The van der Waals surface area contributed by atoms with Crippen LogP contribution in [0.2, 0.25) is 0 Å². The number of benzene rings is 1. The van der Waals surface area contributed by atoms with E-state index in [0.29, 0.717) is 11.3 Å². The van der Waals surface area contributed by atoms with Crippen LogP contribution in [0, 0.1) is 5.82 Å². The first-order valence-corrected chi connectivity index (χ1v) is 9.67. The third-order valence-corrected chi connectivity index (χ3v) is 4.83. The molecule has 10 nitrogen and oxygen atoms in total. The summed E-state index contributed by atoms with van der Waals surface area (Å²) in [6.07, 6.45) is -0.0229. The number of amides is 4. The van der Waals surface area contributed by atoms with Gasteiger partial charge in [-0.1, -0.05) is 0 Å². The van der Waals surface area contributed by atoms with Crippen LogP contribution in [0.5, 0.6) is 0 Å². The van der Waals surface area contributed by atoms with Crippen molar-refractivity contribution >= 4 is 35.3 Å². The molecular weight excluding hydrogens is 421 g/mol. The zero-order chi connectivity index (χ0) is 23.4. The number of nitrogens with one attached hydrogen (secondary N) is 2. The van der Waals surface area contributed by atoms with Crippen LogP contribution in [-0.4, -0.2) is 60.1 Å². The fraction of sp³-hybridized carbons (Fsp3) is 0.286. The second kappa shape index (κ2) is 9.41. The molecule has 11 heteroatoms. The summed E-state index contributed by atoms with van der Waals surface area (Å²) < 4.78 is 20.0. The lowest BCUT2D eigenvalue weighted by atomic mass is 10.1. The summed E-state index contributed by atoms with van der Waals surface area (Å²) in [6, 6.07) is 7.37. The number of halogens is 1. The van der Waals surface area contributed by atoms with Gasteiger partial charge in [-0.05, 0) is 30.3 Å². The van der Waals surface area contributed by atoms with Crippen molar-refractivity contribution in [1.29, 1.82) is 0 Å². The Morgan fingerprint density at radius 2 is 2.00 bits per heavy atom. The second-order valence-corrected chi connectivity index (χ2v) is 7.13. The van der Waals surface area contributed by atoms with Gasteiger partial charge in [-0.3, -0.25) is 19.3 Å². The molecule has 4 amide bonds. The number of hydrogen-bond acceptors (Lipinski definition) is 6. The minimum atomic E-state index is -0.750. The number of pyridine rings is 1. The number of hydrogen-bond donors (Lipinski definition) is 2. The Hall–Kier alpha value is -4.02.